The van der Waals surface area contributed by atoms with Crippen molar-refractivity contribution >= 4 is 11.8 Å². The van der Waals surface area contributed by atoms with E-state index in [1.165, 1.54) is 0 Å². The molecular formula is C19H29N7. The lowest BCUT2D eigenvalue weighted by atomic mass is 10.2. The fourth-order valence-corrected chi connectivity index (χ4v) is 2.94. The van der Waals surface area contributed by atoms with Crippen molar-refractivity contribution in [2.45, 2.75) is 19.9 Å². The van der Waals surface area contributed by atoms with E-state index in [-0.39, 0.29) is 6.04 Å². The Hall–Kier alpha value is -2.25. The van der Waals surface area contributed by atoms with Crippen LogP contribution < -0.4 is 10.6 Å². The van der Waals surface area contributed by atoms with Crippen molar-refractivity contribution in [3.63, 3.8) is 0 Å². The summed E-state index contributed by atoms with van der Waals surface area (Å²) in [6.07, 6.45) is 3.57. The van der Waals surface area contributed by atoms with Gasteiger partial charge in [0.1, 0.15) is 5.82 Å². The van der Waals surface area contributed by atoms with E-state index in [0.717, 1.165) is 56.3 Å². The Morgan fingerprint density at radius 1 is 1.08 bits per heavy atom. The summed E-state index contributed by atoms with van der Waals surface area (Å²) in [6.45, 7) is 10.6. The zero-order valence-corrected chi connectivity index (χ0v) is 15.9. The fourth-order valence-electron chi connectivity index (χ4n) is 2.94. The van der Waals surface area contributed by atoms with E-state index in [1.807, 2.05) is 18.2 Å². The number of hydrogen-bond donors (Lipinski definition) is 2. The molecule has 0 spiro atoms. The van der Waals surface area contributed by atoms with Gasteiger partial charge in [0.15, 0.2) is 0 Å². The van der Waals surface area contributed by atoms with Crippen molar-refractivity contribution < 1.29 is 0 Å². The Bertz CT molecular complexity index is 682. The highest BCUT2D eigenvalue weighted by molar-refractivity contribution is 5.63. The molecule has 1 fully saturated rings. The lowest BCUT2D eigenvalue weighted by molar-refractivity contribution is 0.158. The molecule has 2 aromatic heterocycles. The number of nitrogens with zero attached hydrogens (tertiary/aromatic N) is 5. The average Bonchev–Trinajstić information content (AvgIpc) is 2.63. The highest BCUT2D eigenvalue weighted by atomic mass is 15.3. The Morgan fingerprint density at radius 3 is 2.50 bits per heavy atom. The lowest BCUT2D eigenvalue weighted by Crippen LogP contribution is -2.45. The number of nitrogens with one attached hydrogen (secondary N) is 2. The largest absolute Gasteiger partial charge is 0.369 e. The van der Waals surface area contributed by atoms with Crippen LogP contribution >= 0.6 is 0 Å². The minimum Gasteiger partial charge on any atom is -0.369 e. The smallest absolute Gasteiger partial charge is 0.225 e. The highest BCUT2D eigenvalue weighted by Gasteiger charge is 2.13. The van der Waals surface area contributed by atoms with Crippen LogP contribution in [0.25, 0.3) is 11.3 Å². The third-order valence-corrected chi connectivity index (χ3v) is 4.45. The van der Waals surface area contributed by atoms with E-state index >= 15 is 0 Å². The van der Waals surface area contributed by atoms with Crippen LogP contribution in [0.15, 0.2) is 30.6 Å². The van der Waals surface area contributed by atoms with Crippen molar-refractivity contribution in [3.05, 3.63) is 30.6 Å². The zero-order valence-electron chi connectivity index (χ0n) is 15.9. The molecule has 0 amide bonds. The number of aromatic nitrogens is 3. The second-order valence-corrected chi connectivity index (χ2v) is 7.07. The summed E-state index contributed by atoms with van der Waals surface area (Å²) in [5, 5.41) is 6.77. The molecule has 140 valence electrons. The summed E-state index contributed by atoms with van der Waals surface area (Å²) in [5.41, 5.74) is 1.93. The summed E-state index contributed by atoms with van der Waals surface area (Å²) in [5.74, 6) is 1.50. The molecule has 0 aliphatic carbocycles. The molecule has 0 saturated carbocycles. The number of likely N-dealkylation sites (N-methyl/N-ethyl adjacent to an activating group) is 1. The van der Waals surface area contributed by atoms with Crippen LogP contribution in [0.5, 0.6) is 0 Å². The van der Waals surface area contributed by atoms with E-state index in [0.29, 0.717) is 5.95 Å². The molecule has 1 aliphatic rings. The van der Waals surface area contributed by atoms with E-state index in [9.17, 15) is 0 Å². The molecule has 26 heavy (non-hydrogen) atoms. The van der Waals surface area contributed by atoms with Crippen molar-refractivity contribution in [2.24, 2.45) is 0 Å². The Balaban J connectivity index is 1.67. The van der Waals surface area contributed by atoms with Gasteiger partial charge in [-0.15, -0.1) is 0 Å². The van der Waals surface area contributed by atoms with Crippen LogP contribution in [0.2, 0.25) is 0 Å². The topological polar surface area (TPSA) is 69.2 Å². The standard InChI is InChI=1S/C19H29N7/c1-15(2)22-19-23-17(16-4-6-20-7-5-16)14-18(24-19)21-8-9-26-12-10-25(3)11-13-26/h4-7,14-15H,8-13H2,1-3H3,(H2,21,22,23,24). The van der Waals surface area contributed by atoms with Crippen LogP contribution in [0.4, 0.5) is 11.8 Å². The van der Waals surface area contributed by atoms with Crippen molar-refractivity contribution in [3.8, 4) is 11.3 Å². The molecule has 0 radical (unpaired) electrons. The first-order valence-electron chi connectivity index (χ1n) is 9.31. The summed E-state index contributed by atoms with van der Waals surface area (Å²) < 4.78 is 0. The molecule has 0 unspecified atom stereocenters. The van der Waals surface area contributed by atoms with Crippen LogP contribution in [-0.2, 0) is 0 Å². The van der Waals surface area contributed by atoms with Crippen LogP contribution in [0.3, 0.4) is 0 Å². The quantitative estimate of drug-likeness (QED) is 0.787. The minimum atomic E-state index is 0.279. The highest BCUT2D eigenvalue weighted by Crippen LogP contribution is 2.21. The molecule has 3 rings (SSSR count). The van der Waals surface area contributed by atoms with Gasteiger partial charge in [-0.2, -0.15) is 4.98 Å². The lowest BCUT2D eigenvalue weighted by Gasteiger charge is -2.32. The first-order valence-corrected chi connectivity index (χ1v) is 9.31. The number of rotatable bonds is 7. The maximum Gasteiger partial charge on any atom is 0.225 e. The molecule has 1 aliphatic heterocycles. The third kappa shape index (κ3) is 5.37. The van der Waals surface area contributed by atoms with Crippen LogP contribution in [-0.4, -0.2) is 77.1 Å². The SMILES string of the molecule is CC(C)Nc1nc(NCCN2CCN(C)CC2)cc(-c2ccncc2)n1. The Morgan fingerprint density at radius 2 is 1.81 bits per heavy atom. The molecule has 0 atom stereocenters. The molecule has 0 aromatic carbocycles. The molecular weight excluding hydrogens is 326 g/mol. The van der Waals surface area contributed by atoms with Gasteiger partial charge in [0, 0.05) is 69.3 Å². The molecule has 3 heterocycles. The van der Waals surface area contributed by atoms with Crippen molar-refractivity contribution in [1.82, 2.24) is 24.8 Å². The molecule has 1 saturated heterocycles. The Kier molecular flexibility index (Phi) is 6.35. The molecule has 0 bridgehead atoms. The van der Waals surface area contributed by atoms with Gasteiger partial charge >= 0.3 is 0 Å². The third-order valence-electron chi connectivity index (χ3n) is 4.45. The van der Waals surface area contributed by atoms with E-state index < -0.39 is 0 Å². The monoisotopic (exact) mass is 355 g/mol. The Labute approximate surface area is 155 Å². The normalized spacial score (nSPS) is 16.0. The average molecular weight is 355 g/mol. The number of piperazine rings is 1. The molecule has 2 aromatic rings. The van der Waals surface area contributed by atoms with Gasteiger partial charge in [0.05, 0.1) is 5.69 Å². The van der Waals surface area contributed by atoms with Crippen molar-refractivity contribution in [1.29, 1.82) is 0 Å². The van der Waals surface area contributed by atoms with Gasteiger partial charge in [0.2, 0.25) is 5.95 Å². The molecule has 2 N–H and O–H groups in total. The number of hydrogen-bond acceptors (Lipinski definition) is 7. The molecule has 7 heteroatoms. The van der Waals surface area contributed by atoms with Gasteiger partial charge in [-0.05, 0) is 33.0 Å². The van der Waals surface area contributed by atoms with E-state index in [4.69, 9.17) is 0 Å². The predicted molar refractivity (Wildman–Crippen MR) is 106 cm³/mol. The summed E-state index contributed by atoms with van der Waals surface area (Å²) in [6, 6.07) is 6.22. The van der Waals surface area contributed by atoms with Gasteiger partial charge < -0.3 is 15.5 Å². The second kappa shape index (κ2) is 8.91. The van der Waals surface area contributed by atoms with Gasteiger partial charge in [-0.1, -0.05) is 0 Å². The van der Waals surface area contributed by atoms with Crippen LogP contribution in [0.1, 0.15) is 13.8 Å². The summed E-state index contributed by atoms with van der Waals surface area (Å²) in [4.78, 5) is 18.2. The van der Waals surface area contributed by atoms with Crippen molar-refractivity contribution in [2.75, 3.05) is 56.9 Å². The van der Waals surface area contributed by atoms with E-state index in [2.05, 4.69) is 56.3 Å². The first kappa shape index (κ1) is 18.5. The number of pyridine rings is 1. The predicted octanol–water partition coefficient (Wildman–Crippen LogP) is 2.02. The maximum absolute atomic E-state index is 4.64. The zero-order chi connectivity index (χ0) is 18.4. The molecule has 7 nitrogen and oxygen atoms in total. The maximum atomic E-state index is 4.64. The number of anilines is 2. The second-order valence-electron chi connectivity index (χ2n) is 7.07. The van der Waals surface area contributed by atoms with Gasteiger partial charge in [-0.3, -0.25) is 9.88 Å². The summed E-state index contributed by atoms with van der Waals surface area (Å²) >= 11 is 0. The van der Waals surface area contributed by atoms with Gasteiger partial charge in [0.25, 0.3) is 0 Å². The van der Waals surface area contributed by atoms with E-state index in [1.54, 1.807) is 12.4 Å². The first-order chi connectivity index (χ1) is 12.6. The van der Waals surface area contributed by atoms with Crippen LogP contribution in [0, 0.1) is 0 Å². The minimum absolute atomic E-state index is 0.279. The van der Waals surface area contributed by atoms with Gasteiger partial charge in [-0.25, -0.2) is 4.98 Å². The fraction of sp³-hybridized carbons (Fsp3) is 0.526. The summed E-state index contributed by atoms with van der Waals surface area (Å²) in [7, 11) is 2.18.